The number of nitrogens with one attached hydrogen (secondary N) is 2. The number of fused-ring (bicyclic) bond motifs is 3. The highest BCUT2D eigenvalue weighted by Crippen LogP contribution is 2.39. The first-order valence-electron chi connectivity index (χ1n) is 8.83. The largest absolute Gasteiger partial charge is 0.353 e. The molecule has 0 bridgehead atoms. The van der Waals surface area contributed by atoms with E-state index in [0.717, 1.165) is 47.8 Å². The van der Waals surface area contributed by atoms with Crippen molar-refractivity contribution in [2.24, 2.45) is 0 Å². The van der Waals surface area contributed by atoms with E-state index in [1.54, 1.807) is 11.3 Å². The fourth-order valence-electron chi connectivity index (χ4n) is 3.56. The van der Waals surface area contributed by atoms with Crippen LogP contribution in [0.5, 0.6) is 0 Å². The number of hydrogen-bond acceptors (Lipinski definition) is 4. The Hall–Kier alpha value is -2.11. The van der Waals surface area contributed by atoms with Crippen molar-refractivity contribution in [3.63, 3.8) is 0 Å². The van der Waals surface area contributed by atoms with Crippen LogP contribution in [0.2, 0.25) is 0 Å². The first-order chi connectivity index (χ1) is 12.2. The third-order valence-corrected chi connectivity index (χ3v) is 6.16. The summed E-state index contributed by atoms with van der Waals surface area (Å²) in [6.45, 7) is 7.31. The molecule has 1 unspecified atom stereocenters. The van der Waals surface area contributed by atoms with E-state index in [1.807, 2.05) is 18.2 Å². The summed E-state index contributed by atoms with van der Waals surface area (Å²) < 4.78 is 0. The molecule has 130 valence electrons. The lowest BCUT2D eigenvalue weighted by molar-refractivity contribution is 0.0940. The van der Waals surface area contributed by atoms with E-state index in [-0.39, 0.29) is 12.1 Å². The topological polar surface area (TPSA) is 44.4 Å². The van der Waals surface area contributed by atoms with Crippen LogP contribution < -0.4 is 10.6 Å². The van der Waals surface area contributed by atoms with Gasteiger partial charge in [0.15, 0.2) is 0 Å². The number of thiophene rings is 1. The van der Waals surface area contributed by atoms with Gasteiger partial charge >= 0.3 is 0 Å². The minimum absolute atomic E-state index is 0.0574. The van der Waals surface area contributed by atoms with Gasteiger partial charge in [0.05, 0.1) is 5.56 Å². The number of nitrogens with zero attached hydrogens (tertiary/aromatic N) is 1. The fraction of sp³-hybridized carbons (Fsp3) is 0.350. The monoisotopic (exact) mass is 353 g/mol. The maximum Gasteiger partial charge on any atom is 0.256 e. The highest BCUT2D eigenvalue weighted by molar-refractivity contribution is 7.16. The van der Waals surface area contributed by atoms with Gasteiger partial charge in [-0.05, 0) is 36.6 Å². The van der Waals surface area contributed by atoms with Crippen LogP contribution in [0.4, 0.5) is 5.00 Å². The third-order valence-electron chi connectivity index (χ3n) is 5.01. The average molecular weight is 353 g/mol. The zero-order valence-corrected chi connectivity index (χ0v) is 15.5. The summed E-state index contributed by atoms with van der Waals surface area (Å²) in [5.74, 6) is 0.0574. The Morgan fingerprint density at radius 2 is 2.12 bits per heavy atom. The summed E-state index contributed by atoms with van der Waals surface area (Å²) in [5, 5.41) is 7.69. The van der Waals surface area contributed by atoms with Gasteiger partial charge in [0, 0.05) is 18.0 Å². The van der Waals surface area contributed by atoms with Crippen molar-refractivity contribution < 1.29 is 4.79 Å². The number of amides is 1. The third kappa shape index (κ3) is 3.10. The zero-order chi connectivity index (χ0) is 17.4. The molecule has 1 aromatic carbocycles. The quantitative estimate of drug-likeness (QED) is 0.884. The second-order valence-corrected chi connectivity index (χ2v) is 7.78. The molecule has 2 aliphatic heterocycles. The average Bonchev–Trinajstić information content (AvgIpc) is 3.00. The molecule has 4 nitrogen and oxygen atoms in total. The van der Waals surface area contributed by atoms with Crippen molar-refractivity contribution in [1.29, 1.82) is 0 Å². The first-order valence-corrected chi connectivity index (χ1v) is 9.65. The van der Waals surface area contributed by atoms with E-state index in [2.05, 4.69) is 47.6 Å². The van der Waals surface area contributed by atoms with Crippen molar-refractivity contribution >= 4 is 28.3 Å². The number of benzene rings is 1. The lowest BCUT2D eigenvalue weighted by atomic mass is 10.00. The molecule has 0 fully saturated rings. The van der Waals surface area contributed by atoms with Crippen molar-refractivity contribution in [3.05, 3.63) is 57.5 Å². The van der Waals surface area contributed by atoms with Gasteiger partial charge in [0.25, 0.3) is 5.91 Å². The molecule has 0 saturated carbocycles. The maximum absolute atomic E-state index is 12.8. The molecule has 0 radical (unpaired) electrons. The summed E-state index contributed by atoms with van der Waals surface area (Å²) in [4.78, 5) is 16.5. The van der Waals surface area contributed by atoms with Gasteiger partial charge in [-0.15, -0.1) is 11.3 Å². The minimum Gasteiger partial charge on any atom is -0.353 e. The van der Waals surface area contributed by atoms with E-state index in [1.165, 1.54) is 10.4 Å². The molecule has 0 saturated heterocycles. The minimum atomic E-state index is -0.150. The van der Waals surface area contributed by atoms with Crippen LogP contribution in [-0.4, -0.2) is 30.1 Å². The van der Waals surface area contributed by atoms with Crippen molar-refractivity contribution in [1.82, 2.24) is 10.2 Å². The Labute approximate surface area is 152 Å². The summed E-state index contributed by atoms with van der Waals surface area (Å²) in [6, 6.07) is 10.2. The van der Waals surface area contributed by atoms with Gasteiger partial charge in [-0.2, -0.15) is 0 Å². The maximum atomic E-state index is 12.8. The fourth-order valence-corrected chi connectivity index (χ4v) is 4.88. The van der Waals surface area contributed by atoms with Crippen molar-refractivity contribution in [3.8, 4) is 0 Å². The standard InChI is InChI=1S/C20H23N3OS/c1-3-23-10-9-15-16(12-23)25-20-17(15)19(24)21-18(22-20)13(2)11-14-7-5-4-6-8-14/h4-8,11,18,22H,3,9-10,12H2,1-2H3,(H,21,24). The molecule has 1 aromatic heterocycles. The summed E-state index contributed by atoms with van der Waals surface area (Å²) in [7, 11) is 0. The molecule has 3 heterocycles. The van der Waals surface area contributed by atoms with Crippen molar-refractivity contribution in [2.45, 2.75) is 33.0 Å². The second kappa shape index (κ2) is 6.65. The lowest BCUT2D eigenvalue weighted by Crippen LogP contribution is -2.45. The Kier molecular flexibility index (Phi) is 4.36. The summed E-state index contributed by atoms with van der Waals surface area (Å²) >= 11 is 1.75. The van der Waals surface area contributed by atoms with E-state index in [4.69, 9.17) is 0 Å². The molecule has 25 heavy (non-hydrogen) atoms. The Morgan fingerprint density at radius 3 is 2.88 bits per heavy atom. The molecule has 1 amide bonds. The number of likely N-dealkylation sites (N-methyl/N-ethyl adjacent to an activating group) is 1. The van der Waals surface area contributed by atoms with E-state index in [9.17, 15) is 4.79 Å². The molecule has 4 rings (SSSR count). The normalized spacial score (nSPS) is 20.5. The molecule has 1 atom stereocenters. The van der Waals surface area contributed by atoms with Gasteiger partial charge in [-0.1, -0.05) is 43.3 Å². The number of carbonyl (C=O) groups excluding carboxylic acids is 1. The van der Waals surface area contributed by atoms with Crippen LogP contribution in [0.25, 0.3) is 6.08 Å². The van der Waals surface area contributed by atoms with Gasteiger partial charge in [-0.3, -0.25) is 9.69 Å². The smallest absolute Gasteiger partial charge is 0.256 e. The molecular formula is C20H23N3OS. The number of carbonyl (C=O) groups is 1. The lowest BCUT2D eigenvalue weighted by Gasteiger charge is -2.28. The molecule has 2 aliphatic rings. The molecule has 5 heteroatoms. The van der Waals surface area contributed by atoms with Crippen LogP contribution in [0.1, 0.15) is 40.2 Å². The van der Waals surface area contributed by atoms with Crippen molar-refractivity contribution in [2.75, 3.05) is 18.4 Å². The molecule has 0 spiro atoms. The van der Waals surface area contributed by atoms with E-state index < -0.39 is 0 Å². The molecular weight excluding hydrogens is 330 g/mol. The van der Waals surface area contributed by atoms with Gasteiger partial charge < -0.3 is 10.6 Å². The van der Waals surface area contributed by atoms with E-state index >= 15 is 0 Å². The molecule has 2 aromatic rings. The zero-order valence-electron chi connectivity index (χ0n) is 14.6. The number of rotatable bonds is 3. The predicted octanol–water partition coefficient (Wildman–Crippen LogP) is 3.71. The Bertz CT molecular complexity index is 825. The summed E-state index contributed by atoms with van der Waals surface area (Å²) in [5.41, 5.74) is 4.37. The van der Waals surface area contributed by atoms with Crippen LogP contribution in [-0.2, 0) is 13.0 Å². The van der Waals surface area contributed by atoms with Gasteiger partial charge in [-0.25, -0.2) is 0 Å². The second-order valence-electron chi connectivity index (χ2n) is 6.68. The Morgan fingerprint density at radius 1 is 1.32 bits per heavy atom. The van der Waals surface area contributed by atoms with Crippen LogP contribution >= 0.6 is 11.3 Å². The highest BCUT2D eigenvalue weighted by atomic mass is 32.1. The van der Waals surface area contributed by atoms with Gasteiger partial charge in [0.2, 0.25) is 0 Å². The van der Waals surface area contributed by atoms with Crippen LogP contribution in [0.15, 0.2) is 35.9 Å². The SMILES string of the molecule is CCN1CCc2c(sc3c2C(=O)NC(C(C)=Cc2ccccc2)N3)C1. The number of anilines is 1. The first kappa shape index (κ1) is 16.4. The van der Waals surface area contributed by atoms with Crippen LogP contribution in [0.3, 0.4) is 0 Å². The van der Waals surface area contributed by atoms with Crippen LogP contribution in [0, 0.1) is 0 Å². The molecule has 2 N–H and O–H groups in total. The predicted molar refractivity (Wildman–Crippen MR) is 104 cm³/mol. The number of hydrogen-bond donors (Lipinski definition) is 2. The summed E-state index contributed by atoms with van der Waals surface area (Å²) in [6.07, 6.45) is 2.94. The Balaban J connectivity index is 1.61. The van der Waals surface area contributed by atoms with Gasteiger partial charge in [0.1, 0.15) is 11.2 Å². The highest BCUT2D eigenvalue weighted by Gasteiger charge is 2.32. The van der Waals surface area contributed by atoms with E-state index in [0.29, 0.717) is 0 Å². The molecule has 0 aliphatic carbocycles.